The molecule has 0 atom stereocenters. The smallest absolute Gasteiger partial charge is 0.271 e. The zero-order valence-corrected chi connectivity index (χ0v) is 13.8. The van der Waals surface area contributed by atoms with E-state index in [0.29, 0.717) is 16.3 Å². The van der Waals surface area contributed by atoms with Crippen molar-refractivity contribution in [2.75, 3.05) is 5.32 Å². The van der Waals surface area contributed by atoms with E-state index in [1.165, 1.54) is 12.1 Å². The molecule has 0 saturated carbocycles. The normalized spacial score (nSPS) is 11.1. The molecule has 0 fully saturated rings. The number of hydrogen-bond acceptors (Lipinski definition) is 3. The molecule has 2 aromatic rings. The maximum absolute atomic E-state index is 12.3. The van der Waals surface area contributed by atoms with Crippen LogP contribution in [0.5, 0.6) is 0 Å². The fraction of sp³-hybridized carbons (Fsp3) is 0.235. The molecule has 0 aliphatic rings. The Hall–Kier alpha value is -2.40. The molecule has 0 aliphatic carbocycles. The number of anilines is 1. The van der Waals surface area contributed by atoms with Crippen LogP contribution in [0, 0.1) is 15.5 Å². The third-order valence-corrected chi connectivity index (χ3v) is 3.55. The standard InChI is InChI=1S/C17H17ClN2O3/c1-17(2,3)16(21)19-15-10-13(20(22)23)8-9-14(15)11-4-6-12(18)7-5-11/h4-10H,1-3H3,(H,19,21). The van der Waals surface area contributed by atoms with Gasteiger partial charge >= 0.3 is 0 Å². The quantitative estimate of drug-likeness (QED) is 0.641. The third kappa shape index (κ3) is 4.07. The van der Waals surface area contributed by atoms with Gasteiger partial charge in [-0.25, -0.2) is 0 Å². The van der Waals surface area contributed by atoms with Gasteiger partial charge in [-0.2, -0.15) is 0 Å². The van der Waals surface area contributed by atoms with Gasteiger partial charge in [-0.15, -0.1) is 0 Å². The van der Waals surface area contributed by atoms with Crippen molar-refractivity contribution in [2.24, 2.45) is 5.41 Å². The number of carbonyl (C=O) groups is 1. The summed E-state index contributed by atoms with van der Waals surface area (Å²) >= 11 is 5.89. The molecule has 0 aliphatic heterocycles. The second-order valence-corrected chi connectivity index (χ2v) is 6.63. The molecule has 0 bridgehead atoms. The first-order chi connectivity index (χ1) is 10.7. The number of nitrogens with zero attached hydrogens (tertiary/aromatic N) is 1. The minimum atomic E-state index is -0.609. The third-order valence-electron chi connectivity index (χ3n) is 3.30. The molecule has 2 rings (SSSR count). The van der Waals surface area contributed by atoms with E-state index in [9.17, 15) is 14.9 Å². The van der Waals surface area contributed by atoms with E-state index in [1.807, 2.05) is 0 Å². The summed E-state index contributed by atoms with van der Waals surface area (Å²) < 4.78 is 0. The Bertz CT molecular complexity index is 749. The van der Waals surface area contributed by atoms with Crippen molar-refractivity contribution in [2.45, 2.75) is 20.8 Å². The molecular weight excluding hydrogens is 316 g/mol. The maximum atomic E-state index is 12.3. The number of nitrogens with one attached hydrogen (secondary N) is 1. The predicted octanol–water partition coefficient (Wildman–Crippen LogP) is 4.90. The number of carbonyl (C=O) groups excluding carboxylic acids is 1. The Morgan fingerprint density at radius 1 is 1.13 bits per heavy atom. The first kappa shape index (κ1) is 17.0. The molecule has 1 N–H and O–H groups in total. The van der Waals surface area contributed by atoms with Gasteiger partial charge in [0.1, 0.15) is 0 Å². The lowest BCUT2D eigenvalue weighted by atomic mass is 9.95. The summed E-state index contributed by atoms with van der Waals surface area (Å²) in [6.45, 7) is 5.34. The fourth-order valence-electron chi connectivity index (χ4n) is 1.94. The van der Waals surface area contributed by atoms with Crippen molar-refractivity contribution in [1.82, 2.24) is 0 Å². The van der Waals surface area contributed by atoms with Gasteiger partial charge in [-0.3, -0.25) is 14.9 Å². The summed E-state index contributed by atoms with van der Waals surface area (Å²) in [6.07, 6.45) is 0. The summed E-state index contributed by atoms with van der Waals surface area (Å²) in [5, 5.41) is 14.4. The monoisotopic (exact) mass is 332 g/mol. The van der Waals surface area contributed by atoms with Crippen molar-refractivity contribution < 1.29 is 9.72 Å². The van der Waals surface area contributed by atoms with Gasteiger partial charge in [0.25, 0.3) is 5.69 Å². The lowest BCUT2D eigenvalue weighted by molar-refractivity contribution is -0.384. The van der Waals surface area contributed by atoms with Crippen LogP contribution < -0.4 is 5.32 Å². The van der Waals surface area contributed by atoms with Crippen LogP contribution in [-0.2, 0) is 4.79 Å². The number of halogens is 1. The number of hydrogen-bond donors (Lipinski definition) is 1. The van der Waals surface area contributed by atoms with E-state index in [1.54, 1.807) is 51.1 Å². The molecule has 2 aromatic carbocycles. The summed E-state index contributed by atoms with van der Waals surface area (Å²) in [5.41, 5.74) is 1.23. The van der Waals surface area contributed by atoms with Gasteiger partial charge in [0, 0.05) is 28.1 Å². The molecule has 1 amide bonds. The van der Waals surface area contributed by atoms with Crippen LogP contribution in [-0.4, -0.2) is 10.8 Å². The molecule has 0 unspecified atom stereocenters. The average Bonchev–Trinajstić information content (AvgIpc) is 2.47. The van der Waals surface area contributed by atoms with Crippen LogP contribution in [0.3, 0.4) is 0 Å². The molecule has 23 heavy (non-hydrogen) atoms. The minimum Gasteiger partial charge on any atom is -0.325 e. The summed E-state index contributed by atoms with van der Waals surface area (Å²) in [6, 6.07) is 11.5. The molecule has 120 valence electrons. The second-order valence-electron chi connectivity index (χ2n) is 6.20. The Morgan fingerprint density at radius 2 is 1.74 bits per heavy atom. The number of amides is 1. The van der Waals surface area contributed by atoms with Crippen LogP contribution in [0.2, 0.25) is 5.02 Å². The first-order valence-corrected chi connectivity index (χ1v) is 7.42. The van der Waals surface area contributed by atoms with Gasteiger partial charge in [0.2, 0.25) is 5.91 Å². The van der Waals surface area contributed by atoms with E-state index in [0.717, 1.165) is 5.56 Å². The van der Waals surface area contributed by atoms with Crippen molar-refractivity contribution >= 4 is 28.9 Å². The highest BCUT2D eigenvalue weighted by molar-refractivity contribution is 6.30. The zero-order valence-electron chi connectivity index (χ0n) is 13.1. The molecular formula is C17H17ClN2O3. The summed E-state index contributed by atoms with van der Waals surface area (Å²) in [5.74, 6) is -0.215. The van der Waals surface area contributed by atoms with Gasteiger partial charge < -0.3 is 5.32 Å². The highest BCUT2D eigenvalue weighted by Crippen LogP contribution is 2.33. The van der Waals surface area contributed by atoms with Gasteiger partial charge in [-0.1, -0.05) is 44.5 Å². The van der Waals surface area contributed by atoms with Crippen LogP contribution in [0.15, 0.2) is 42.5 Å². The van der Waals surface area contributed by atoms with E-state index >= 15 is 0 Å². The second kappa shape index (κ2) is 6.38. The molecule has 0 radical (unpaired) electrons. The van der Waals surface area contributed by atoms with Gasteiger partial charge in [0.05, 0.1) is 10.6 Å². The molecule has 5 nitrogen and oxygen atoms in total. The average molecular weight is 333 g/mol. The van der Waals surface area contributed by atoms with Crippen molar-refractivity contribution in [3.8, 4) is 11.1 Å². The number of non-ortho nitro benzene ring substituents is 1. The van der Waals surface area contributed by atoms with Crippen LogP contribution in [0.25, 0.3) is 11.1 Å². The van der Waals surface area contributed by atoms with Gasteiger partial charge in [0.15, 0.2) is 0 Å². The SMILES string of the molecule is CC(C)(C)C(=O)Nc1cc([N+](=O)[O-])ccc1-c1ccc(Cl)cc1. The fourth-order valence-corrected chi connectivity index (χ4v) is 2.07. The van der Waals surface area contributed by atoms with Crippen molar-refractivity contribution in [1.29, 1.82) is 0 Å². The van der Waals surface area contributed by atoms with E-state index in [-0.39, 0.29) is 11.6 Å². The highest BCUT2D eigenvalue weighted by Gasteiger charge is 2.23. The Kier molecular flexibility index (Phi) is 4.71. The van der Waals surface area contributed by atoms with E-state index in [2.05, 4.69) is 5.32 Å². The topological polar surface area (TPSA) is 72.2 Å². The number of nitro benzene ring substituents is 1. The minimum absolute atomic E-state index is 0.0769. The van der Waals surface area contributed by atoms with Crippen molar-refractivity contribution in [3.05, 3.63) is 57.6 Å². The van der Waals surface area contributed by atoms with Crippen molar-refractivity contribution in [3.63, 3.8) is 0 Å². The Morgan fingerprint density at radius 3 is 2.26 bits per heavy atom. The first-order valence-electron chi connectivity index (χ1n) is 7.04. The molecule has 0 saturated heterocycles. The lowest BCUT2D eigenvalue weighted by Crippen LogP contribution is -2.27. The Balaban J connectivity index is 2.51. The zero-order chi connectivity index (χ0) is 17.2. The number of benzene rings is 2. The Labute approximate surface area is 139 Å². The van der Waals surface area contributed by atoms with Gasteiger partial charge in [-0.05, 0) is 23.8 Å². The molecule has 6 heteroatoms. The largest absolute Gasteiger partial charge is 0.325 e. The van der Waals surface area contributed by atoms with E-state index < -0.39 is 10.3 Å². The van der Waals surface area contributed by atoms with Crippen LogP contribution >= 0.6 is 11.6 Å². The van der Waals surface area contributed by atoms with E-state index in [4.69, 9.17) is 11.6 Å². The molecule has 0 spiro atoms. The molecule has 0 heterocycles. The number of rotatable bonds is 3. The molecule has 0 aromatic heterocycles. The van der Waals surface area contributed by atoms with Crippen LogP contribution in [0.4, 0.5) is 11.4 Å². The lowest BCUT2D eigenvalue weighted by Gasteiger charge is -2.19. The summed E-state index contributed by atoms with van der Waals surface area (Å²) in [7, 11) is 0. The predicted molar refractivity (Wildman–Crippen MR) is 91.6 cm³/mol. The van der Waals surface area contributed by atoms with Crippen LogP contribution in [0.1, 0.15) is 20.8 Å². The summed E-state index contributed by atoms with van der Waals surface area (Å²) in [4.78, 5) is 22.8. The maximum Gasteiger partial charge on any atom is 0.271 e. The number of nitro groups is 1. The highest BCUT2D eigenvalue weighted by atomic mass is 35.5.